The highest BCUT2D eigenvalue weighted by Crippen LogP contribution is 2.55. The van der Waals surface area contributed by atoms with Crippen molar-refractivity contribution in [1.29, 1.82) is 0 Å². The topological polar surface area (TPSA) is 408 Å². The normalized spacial score (nSPS) is 29.9. The van der Waals surface area contributed by atoms with E-state index in [0.29, 0.717) is 0 Å². The Morgan fingerprint density at radius 2 is 0.972 bits per heavy atom. The Bertz CT molecular complexity index is 3030. The van der Waals surface area contributed by atoms with Crippen LogP contribution >= 0.6 is 21.0 Å². The predicted octanol–water partition coefficient (Wildman–Crippen LogP) is -0.190. The van der Waals surface area contributed by atoms with Crippen molar-refractivity contribution in [2.24, 2.45) is 0 Å². The van der Waals surface area contributed by atoms with Crippen molar-refractivity contribution in [1.82, 2.24) is 58.6 Å². The zero-order valence-electron chi connectivity index (χ0n) is 37.7. The fraction of sp³-hybridized carbons (Fsp3) is 0.571. The SMILES string of the molecule is CO[C@H]1[C@@H](OP(O)(=S)OC[C@H]2O[C@@H](n3cnc4c(N)ncnc43)[C@H](OP(O)(=S)OC[C@H]3O[C@@H](n4cnc5c(N)ncnc54)[C@H](O)[C@@H]3O)[C@@H]2OC)[C@H](n2cnc3c(N)ncnc32)O[C@@H]1CCP(=O)(OC)OC. The average molecular weight is 1090 g/mol. The lowest BCUT2D eigenvalue weighted by atomic mass is 10.1. The Balaban J connectivity index is 0.941. The lowest BCUT2D eigenvalue weighted by molar-refractivity contribution is -0.0591. The lowest BCUT2D eigenvalue weighted by Gasteiger charge is -2.29. The number of hydrogen-bond acceptors (Lipinski definition) is 28. The minimum Gasteiger partial charge on any atom is -0.387 e. The molecule has 2 unspecified atom stereocenters. The van der Waals surface area contributed by atoms with Crippen LogP contribution in [0.1, 0.15) is 25.1 Å². The van der Waals surface area contributed by atoms with E-state index in [2.05, 4.69) is 44.9 Å². The molecule has 9 rings (SSSR count). The molecule has 3 aliphatic rings. The van der Waals surface area contributed by atoms with Crippen molar-refractivity contribution >= 4 is 95.6 Å². The number of ether oxygens (including phenoxy) is 5. The zero-order chi connectivity index (χ0) is 50.6. The Kier molecular flexibility index (Phi) is 15.1. The molecular weight excluding hydrogens is 1040 g/mol. The molecule has 0 amide bonds. The molecule has 0 spiro atoms. The Morgan fingerprint density at radius 3 is 1.41 bits per heavy atom. The van der Waals surface area contributed by atoms with Crippen molar-refractivity contribution in [3.05, 3.63) is 38.0 Å². The molecule has 0 aliphatic carbocycles. The Hall–Kier alpha value is -4.02. The molecule has 71 heavy (non-hydrogen) atoms. The maximum atomic E-state index is 13.1. The van der Waals surface area contributed by atoms with Crippen LogP contribution in [0.5, 0.6) is 0 Å². The van der Waals surface area contributed by atoms with Crippen molar-refractivity contribution in [3.8, 4) is 0 Å². The van der Waals surface area contributed by atoms with Gasteiger partial charge in [0.05, 0.1) is 44.5 Å². The van der Waals surface area contributed by atoms with Crippen LogP contribution in [0.2, 0.25) is 0 Å². The molecular formula is C35H48N15O16P3S2. The van der Waals surface area contributed by atoms with Crippen LogP contribution < -0.4 is 17.2 Å². The van der Waals surface area contributed by atoms with Gasteiger partial charge >= 0.3 is 21.0 Å². The van der Waals surface area contributed by atoms with E-state index in [1.807, 2.05) is 0 Å². The number of rotatable bonds is 20. The second-order valence-electron chi connectivity index (χ2n) is 16.0. The number of anilines is 3. The van der Waals surface area contributed by atoms with Gasteiger partial charge in [-0.2, -0.15) is 0 Å². The summed E-state index contributed by atoms with van der Waals surface area (Å²) < 4.78 is 82.4. The molecule has 3 aliphatic heterocycles. The van der Waals surface area contributed by atoms with E-state index in [9.17, 15) is 24.6 Å². The molecule has 0 radical (unpaired) electrons. The summed E-state index contributed by atoms with van der Waals surface area (Å²) in [5.74, 6) is 0.230. The van der Waals surface area contributed by atoms with Crippen molar-refractivity contribution in [2.45, 2.75) is 80.0 Å². The highest BCUT2D eigenvalue weighted by Gasteiger charge is 2.53. The second kappa shape index (κ2) is 20.7. The Labute approximate surface area is 411 Å². The van der Waals surface area contributed by atoms with Gasteiger partial charge in [0, 0.05) is 28.4 Å². The van der Waals surface area contributed by atoms with Gasteiger partial charge < -0.3 is 79.0 Å². The maximum Gasteiger partial charge on any atom is 0.330 e. The van der Waals surface area contributed by atoms with E-state index >= 15 is 0 Å². The number of nitrogens with zero attached hydrogens (tertiary/aromatic N) is 12. The number of aliphatic hydroxyl groups excluding tert-OH is 2. The highest BCUT2D eigenvalue weighted by molar-refractivity contribution is 8.07. The third kappa shape index (κ3) is 10.2. The van der Waals surface area contributed by atoms with Gasteiger partial charge in [0.2, 0.25) is 0 Å². The first kappa shape index (κ1) is 51.9. The van der Waals surface area contributed by atoms with Gasteiger partial charge in [-0.25, -0.2) is 44.9 Å². The van der Waals surface area contributed by atoms with Crippen LogP contribution in [0.15, 0.2) is 38.0 Å². The number of methoxy groups -OCH3 is 2. The lowest BCUT2D eigenvalue weighted by Crippen LogP contribution is -2.38. The molecule has 31 nitrogen and oxygen atoms in total. The Morgan fingerprint density at radius 1 is 0.577 bits per heavy atom. The molecule has 14 atom stereocenters. The molecule has 6 aromatic heterocycles. The number of fused-ring (bicyclic) bond motifs is 3. The van der Waals surface area contributed by atoms with Crippen molar-refractivity contribution < 1.29 is 75.4 Å². The number of aliphatic hydroxyl groups is 2. The zero-order valence-corrected chi connectivity index (χ0v) is 42.0. The van der Waals surface area contributed by atoms with Crippen molar-refractivity contribution in [3.63, 3.8) is 0 Å². The molecule has 36 heteroatoms. The fourth-order valence-electron chi connectivity index (χ4n) is 8.54. The number of hydrogen-bond donors (Lipinski definition) is 7. The first-order chi connectivity index (χ1) is 33.9. The number of imidazole rings is 3. The molecule has 9 heterocycles. The summed E-state index contributed by atoms with van der Waals surface area (Å²) in [5.41, 5.74) is 19.5. The van der Waals surface area contributed by atoms with E-state index in [4.69, 9.17) is 91.6 Å². The van der Waals surface area contributed by atoms with Gasteiger partial charge in [-0.15, -0.1) is 0 Å². The maximum absolute atomic E-state index is 13.1. The number of nitrogen functional groups attached to an aromatic ring is 3. The quantitative estimate of drug-likeness (QED) is 0.0487. The summed E-state index contributed by atoms with van der Waals surface area (Å²) >= 11 is 11.1. The van der Waals surface area contributed by atoms with E-state index in [1.54, 1.807) is 0 Å². The van der Waals surface area contributed by atoms with Crippen LogP contribution in [-0.4, -0.2) is 181 Å². The monoisotopic (exact) mass is 1090 g/mol. The first-order valence-corrected chi connectivity index (χ1v) is 28.0. The van der Waals surface area contributed by atoms with Gasteiger partial charge in [0.1, 0.15) is 84.4 Å². The van der Waals surface area contributed by atoms with Crippen LogP contribution in [0.3, 0.4) is 0 Å². The predicted molar refractivity (Wildman–Crippen MR) is 250 cm³/mol. The van der Waals surface area contributed by atoms with E-state index in [-0.39, 0.29) is 63.5 Å². The van der Waals surface area contributed by atoms with E-state index in [0.717, 1.165) is 0 Å². The molecule has 3 fully saturated rings. The minimum absolute atomic E-state index is 0.0492. The highest BCUT2D eigenvalue weighted by atomic mass is 32.5. The molecule has 6 aromatic rings. The molecule has 3 saturated heterocycles. The minimum atomic E-state index is -4.37. The third-order valence-corrected chi connectivity index (χ3v) is 17.0. The standard InChI is InChI=1S/C35H48N15O16P3S2/c1-56-23-15(5-6-67(53,58-3)59-4)62-34(49-13-46-19-28(37)40-10-43-31(19)49)25(23)65-69(55,71)61-8-17-24(57-2)26(35(64-17)50-14-47-20-29(38)41-11-44-32(20)50)66-68(54,70)60-7-16-21(51)22(52)33(63-16)48-12-45-18-27(36)39-9-42-30(18)48/h9-17,21-26,33-35,51-52H,5-8H2,1-4H3,(H,54,70)(H,55,71)(H2,36,39,42)(H2,37,40,43)(H2,38,41,44)/t15-,16-,17-,21-,22-,23-,24-,25-,26-,33-,34-,35-,68?,69?/m1/s1. The number of aromatic nitrogens is 12. The van der Waals surface area contributed by atoms with Crippen LogP contribution in [-0.2, 0) is 79.0 Å². The van der Waals surface area contributed by atoms with Gasteiger partial charge in [0.25, 0.3) is 0 Å². The average Bonchev–Trinajstić information content (AvgIpc) is 4.22. The van der Waals surface area contributed by atoms with Gasteiger partial charge in [-0.1, -0.05) is 0 Å². The third-order valence-electron chi connectivity index (χ3n) is 12.0. The van der Waals surface area contributed by atoms with Gasteiger partial charge in [-0.05, 0) is 30.0 Å². The van der Waals surface area contributed by atoms with E-state index in [1.165, 1.54) is 80.1 Å². The molecule has 10 N–H and O–H groups in total. The second-order valence-corrected chi connectivity index (χ2v) is 24.0. The molecule has 0 saturated carbocycles. The fourth-order valence-corrected chi connectivity index (χ4v) is 12.4. The van der Waals surface area contributed by atoms with Crippen LogP contribution in [0.4, 0.5) is 17.5 Å². The summed E-state index contributed by atoms with van der Waals surface area (Å²) in [6.07, 6.45) is -6.95. The van der Waals surface area contributed by atoms with Gasteiger partial charge in [0.15, 0.2) is 53.1 Å². The molecule has 0 aromatic carbocycles. The number of nitrogens with two attached hydrogens (primary N) is 3. The molecule has 0 bridgehead atoms. The summed E-state index contributed by atoms with van der Waals surface area (Å²) in [6, 6.07) is 0. The summed E-state index contributed by atoms with van der Waals surface area (Å²) in [7, 11) is 1.71. The van der Waals surface area contributed by atoms with Crippen LogP contribution in [0.25, 0.3) is 33.5 Å². The van der Waals surface area contributed by atoms with Crippen molar-refractivity contribution in [2.75, 3.05) is 65.0 Å². The van der Waals surface area contributed by atoms with Gasteiger partial charge in [-0.3, -0.25) is 27.3 Å². The smallest absolute Gasteiger partial charge is 0.330 e. The summed E-state index contributed by atoms with van der Waals surface area (Å²) in [5, 5.41) is 22.0. The summed E-state index contributed by atoms with van der Waals surface area (Å²) in [6.45, 7) is -9.83. The molecule has 386 valence electrons. The van der Waals surface area contributed by atoms with E-state index < -0.39 is 108 Å². The van der Waals surface area contributed by atoms with Crippen LogP contribution in [0, 0.1) is 0 Å². The summed E-state index contributed by atoms with van der Waals surface area (Å²) in [4.78, 5) is 61.1. The largest absolute Gasteiger partial charge is 0.387 e. The first-order valence-electron chi connectivity index (χ1n) is 21.1.